The maximum Gasteiger partial charge on any atom is 0.326 e. The predicted molar refractivity (Wildman–Crippen MR) is 251 cm³/mol. The Morgan fingerprint density at radius 2 is 1.19 bits per heavy atom. The first-order chi connectivity index (χ1) is 31.2. The van der Waals surface area contributed by atoms with Crippen LogP contribution in [-0.4, -0.2) is 153 Å². The van der Waals surface area contributed by atoms with Crippen molar-refractivity contribution in [2.75, 3.05) is 18.6 Å². The third-order valence-corrected chi connectivity index (χ3v) is 12.4. The van der Waals surface area contributed by atoms with Gasteiger partial charge in [-0.25, -0.2) is 4.79 Å². The third-order valence-electron chi connectivity index (χ3n) is 11.8. The molecule has 0 saturated carbocycles. The smallest absolute Gasteiger partial charge is 0.326 e. The van der Waals surface area contributed by atoms with Gasteiger partial charge in [-0.1, -0.05) is 68.2 Å². The zero-order valence-corrected chi connectivity index (χ0v) is 41.8. The maximum absolute atomic E-state index is 14.2. The average molecular weight is 971 g/mol. The normalized spacial score (nSPS) is 18.6. The highest BCUT2D eigenvalue weighted by atomic mass is 32.2. The molecule has 0 bridgehead atoms. The van der Waals surface area contributed by atoms with Crippen LogP contribution in [0.2, 0.25) is 0 Å². The van der Waals surface area contributed by atoms with Gasteiger partial charge >= 0.3 is 5.97 Å². The van der Waals surface area contributed by atoms with E-state index in [-0.39, 0.29) is 31.2 Å². The molecule has 1 fully saturated rings. The van der Waals surface area contributed by atoms with Gasteiger partial charge in [-0.15, -0.1) is 0 Å². The summed E-state index contributed by atoms with van der Waals surface area (Å²) in [4.78, 5) is 133. The van der Waals surface area contributed by atoms with Gasteiger partial charge in [0, 0.05) is 6.54 Å². The van der Waals surface area contributed by atoms with E-state index >= 15 is 0 Å². The predicted octanol–water partition coefficient (Wildman–Crippen LogP) is -1.39. The van der Waals surface area contributed by atoms with Crippen molar-refractivity contribution >= 4 is 70.9 Å². The van der Waals surface area contributed by atoms with Crippen molar-refractivity contribution in [3.05, 3.63) is 0 Å². The van der Waals surface area contributed by atoms with Crippen LogP contribution in [0, 0.1) is 23.7 Å². The number of nitrogens with two attached hydrogens (primary N) is 2. The molecule has 0 spiro atoms. The molecule has 22 nitrogen and oxygen atoms in total. The van der Waals surface area contributed by atoms with Gasteiger partial charge in [0.2, 0.25) is 53.2 Å². The van der Waals surface area contributed by atoms with E-state index < -0.39 is 138 Å². The highest BCUT2D eigenvalue weighted by Crippen LogP contribution is 2.22. The number of primary amides is 1. The average Bonchev–Trinajstić information content (AvgIpc) is 3.75. The van der Waals surface area contributed by atoms with Crippen LogP contribution in [0.3, 0.4) is 0 Å². The van der Waals surface area contributed by atoms with E-state index in [9.17, 15) is 58.2 Å². The molecule has 67 heavy (non-hydrogen) atoms. The molecular weight excluding hydrogens is 893 g/mol. The summed E-state index contributed by atoms with van der Waals surface area (Å²) in [5.41, 5.74) is 11.2. The van der Waals surface area contributed by atoms with Gasteiger partial charge in [0.1, 0.15) is 48.3 Å². The third kappa shape index (κ3) is 19.2. The number of amides is 9. The van der Waals surface area contributed by atoms with E-state index in [1.807, 2.05) is 13.2 Å². The second-order valence-corrected chi connectivity index (χ2v) is 19.3. The number of carbonyl (C=O) groups excluding carboxylic acids is 9. The van der Waals surface area contributed by atoms with Crippen molar-refractivity contribution in [3.8, 4) is 0 Å². The molecule has 12 atom stereocenters. The van der Waals surface area contributed by atoms with Crippen molar-refractivity contribution in [3.63, 3.8) is 0 Å². The minimum atomic E-state index is -1.63. The van der Waals surface area contributed by atoms with Crippen molar-refractivity contribution < 1.29 is 58.2 Å². The first kappa shape index (κ1) is 60.0. The second kappa shape index (κ2) is 29.0. The molecule has 1 aliphatic heterocycles. The molecular formula is C44H78N10O12S. The molecule has 1 saturated heterocycles. The van der Waals surface area contributed by atoms with Crippen molar-refractivity contribution in [2.45, 2.75) is 175 Å². The standard InChI is InChI=1S/C44H78N10O12S/c1-12-23(7)33(51-37(58)27(45)16-18-67-11)41(62)53-35(26(10)55)42(63)48-28(19-21(3)4)38(59)47-25(9)36(57)52-34(24(8)13-2)43(64)54-17-14-15-30(54)39(60)50-32(22(5)6)40(61)49-29(44(65)66)20-31(46)56/h21-30,32-35,55H,12-20,45H2,1-11H3,(H2,46,56)(H,47,59)(H,48,63)(H,49,61)(H,50,60)(H,51,58)(H,52,57)(H,53,62)(H,65,66)/t23-,24-,25-,26+,27-,28-,29-,30-,32-,33-,34-,35-/m0/s1. The van der Waals surface area contributed by atoms with Crippen LogP contribution in [0.15, 0.2) is 0 Å². The molecule has 1 rings (SSSR count). The largest absolute Gasteiger partial charge is 0.480 e. The Labute approximate surface area is 398 Å². The Kier molecular flexibility index (Phi) is 26.0. The van der Waals surface area contributed by atoms with Crippen LogP contribution >= 0.6 is 11.8 Å². The molecule has 1 heterocycles. The molecule has 0 aromatic heterocycles. The monoisotopic (exact) mass is 971 g/mol. The lowest BCUT2D eigenvalue weighted by molar-refractivity contribution is -0.145. The lowest BCUT2D eigenvalue weighted by Crippen LogP contribution is -2.62. The number of carboxylic acids is 1. The Morgan fingerprint density at radius 1 is 0.672 bits per heavy atom. The number of aliphatic hydroxyl groups is 1. The fourth-order valence-corrected chi connectivity index (χ4v) is 7.71. The van der Waals surface area contributed by atoms with E-state index in [1.54, 1.807) is 48.5 Å². The Morgan fingerprint density at radius 3 is 1.70 bits per heavy atom. The molecule has 0 aromatic carbocycles. The summed E-state index contributed by atoms with van der Waals surface area (Å²) in [7, 11) is 0. The molecule has 23 heteroatoms. The van der Waals surface area contributed by atoms with Gasteiger partial charge in [0.25, 0.3) is 0 Å². The van der Waals surface area contributed by atoms with Crippen LogP contribution in [0.25, 0.3) is 0 Å². The minimum absolute atomic E-state index is 0.0884. The quantitative estimate of drug-likeness (QED) is 0.0411. The van der Waals surface area contributed by atoms with E-state index in [4.69, 9.17) is 11.5 Å². The number of rotatable bonds is 29. The fourth-order valence-electron chi connectivity index (χ4n) is 7.22. The van der Waals surface area contributed by atoms with E-state index in [2.05, 4.69) is 37.2 Å². The summed E-state index contributed by atoms with van der Waals surface area (Å²) < 4.78 is 0. The van der Waals surface area contributed by atoms with E-state index in [1.165, 1.54) is 30.5 Å². The number of carbonyl (C=O) groups is 10. The summed E-state index contributed by atoms with van der Waals surface area (Å²) in [6, 6.07) is -11.1. The zero-order valence-electron chi connectivity index (χ0n) is 40.9. The van der Waals surface area contributed by atoms with Gasteiger partial charge in [-0.05, 0) is 75.2 Å². The second-order valence-electron chi connectivity index (χ2n) is 18.3. The molecule has 13 N–H and O–H groups in total. The molecule has 0 aliphatic carbocycles. The van der Waals surface area contributed by atoms with Crippen molar-refractivity contribution in [1.29, 1.82) is 0 Å². The number of nitrogens with one attached hydrogen (secondary N) is 7. The number of thioether (sulfide) groups is 1. The molecule has 0 radical (unpaired) electrons. The molecule has 1 aliphatic rings. The Hall–Kier alpha value is -5.03. The summed E-state index contributed by atoms with van der Waals surface area (Å²) in [5, 5.41) is 38.1. The Bertz CT molecular complexity index is 1740. The van der Waals surface area contributed by atoms with Gasteiger partial charge in [-0.2, -0.15) is 11.8 Å². The first-order valence-corrected chi connectivity index (χ1v) is 24.5. The van der Waals surface area contributed by atoms with Gasteiger partial charge in [-0.3, -0.25) is 43.2 Å². The highest BCUT2D eigenvalue weighted by molar-refractivity contribution is 7.98. The maximum atomic E-state index is 14.2. The molecule has 9 amide bonds. The van der Waals surface area contributed by atoms with Crippen LogP contribution < -0.4 is 48.7 Å². The minimum Gasteiger partial charge on any atom is -0.480 e. The topological polar surface area (TPSA) is 351 Å². The van der Waals surface area contributed by atoms with Gasteiger partial charge in [0.05, 0.1) is 18.6 Å². The lowest BCUT2D eigenvalue weighted by Gasteiger charge is -2.33. The summed E-state index contributed by atoms with van der Waals surface area (Å²) in [5.74, 6) is -9.18. The lowest BCUT2D eigenvalue weighted by atomic mass is 9.96. The fraction of sp³-hybridized carbons (Fsp3) is 0.773. The number of hydrogen-bond donors (Lipinski definition) is 11. The molecule has 0 unspecified atom stereocenters. The van der Waals surface area contributed by atoms with Gasteiger partial charge in [0.15, 0.2) is 0 Å². The van der Waals surface area contributed by atoms with Crippen LogP contribution in [0.4, 0.5) is 0 Å². The number of nitrogens with zero attached hydrogens (tertiary/aromatic N) is 1. The zero-order chi connectivity index (χ0) is 51.5. The first-order valence-electron chi connectivity index (χ1n) is 23.1. The van der Waals surface area contributed by atoms with Crippen LogP contribution in [0.1, 0.15) is 114 Å². The number of likely N-dealkylation sites (tertiary alicyclic amines) is 1. The number of aliphatic hydroxyl groups excluding tert-OH is 1. The number of carboxylic acid groups (broad SMARTS) is 1. The van der Waals surface area contributed by atoms with Crippen molar-refractivity contribution in [2.24, 2.45) is 35.1 Å². The Balaban J connectivity index is 3.22. The number of hydrogen-bond acceptors (Lipinski definition) is 13. The highest BCUT2D eigenvalue weighted by Gasteiger charge is 2.42. The van der Waals surface area contributed by atoms with Gasteiger partial charge < -0.3 is 63.8 Å². The summed E-state index contributed by atoms with van der Waals surface area (Å²) >= 11 is 1.52. The molecule has 382 valence electrons. The summed E-state index contributed by atoms with van der Waals surface area (Å²) in [6.07, 6.45) is 1.78. The van der Waals surface area contributed by atoms with Crippen molar-refractivity contribution in [1.82, 2.24) is 42.1 Å². The molecule has 0 aromatic rings. The van der Waals surface area contributed by atoms with E-state index in [0.717, 1.165) is 0 Å². The van der Waals surface area contributed by atoms with Crippen LogP contribution in [0.5, 0.6) is 0 Å². The van der Waals surface area contributed by atoms with E-state index in [0.29, 0.717) is 31.4 Å². The number of aliphatic carboxylic acids is 1. The van der Waals surface area contributed by atoms with Crippen LogP contribution in [-0.2, 0) is 47.9 Å². The SMILES string of the molecule is CC[C@H](C)[C@H](NC(=O)[C@@H](N)CCSC)C(=O)N[C@H](C(=O)N[C@@H](CC(C)C)C(=O)N[C@@H](C)C(=O)N[C@H](C(=O)N1CCC[C@H]1C(=O)N[C@H](C(=O)N[C@@H](CC(N)=O)C(=O)O)C(C)C)[C@@H](C)CC)[C@@H](C)O. The summed E-state index contributed by atoms with van der Waals surface area (Å²) in [6.45, 7) is 16.7.